The average Bonchev–Trinajstić information content (AvgIpc) is 2.15. The maximum atomic E-state index is 11.5. The second kappa shape index (κ2) is 3.59. The van der Waals surface area contributed by atoms with Crippen molar-refractivity contribution in [3.05, 3.63) is 23.8 Å². The van der Waals surface area contributed by atoms with E-state index in [4.69, 9.17) is 0 Å². The molecule has 0 amide bonds. The number of sulfone groups is 1. The molecule has 0 saturated carbocycles. The van der Waals surface area contributed by atoms with Crippen molar-refractivity contribution in [2.45, 2.75) is 22.6 Å². The molecular weight excluding hydrogens is 216 g/mol. The molecule has 0 saturated heterocycles. The van der Waals surface area contributed by atoms with Gasteiger partial charge in [0.25, 0.3) is 0 Å². The Morgan fingerprint density at radius 2 is 2.14 bits per heavy atom. The highest BCUT2D eigenvalue weighted by molar-refractivity contribution is 7.99. The molecule has 0 unspecified atom stereocenters. The first-order valence-electron chi connectivity index (χ1n) is 4.54. The molecule has 1 aromatic carbocycles. The summed E-state index contributed by atoms with van der Waals surface area (Å²) in [4.78, 5) is 1.65. The van der Waals surface area contributed by atoms with Crippen LogP contribution in [0.3, 0.4) is 0 Å². The monoisotopic (exact) mass is 228 g/mol. The van der Waals surface area contributed by atoms with Gasteiger partial charge in [0, 0.05) is 11.2 Å². The van der Waals surface area contributed by atoms with Gasteiger partial charge < -0.3 is 0 Å². The molecule has 0 spiro atoms. The Kier molecular flexibility index (Phi) is 2.58. The third-order valence-electron chi connectivity index (χ3n) is 2.32. The van der Waals surface area contributed by atoms with Crippen LogP contribution in [0.15, 0.2) is 28.0 Å². The average molecular weight is 228 g/mol. The highest BCUT2D eigenvalue weighted by Crippen LogP contribution is 2.33. The molecule has 0 fully saturated rings. The highest BCUT2D eigenvalue weighted by Gasteiger charge is 2.18. The first kappa shape index (κ1) is 10.1. The van der Waals surface area contributed by atoms with Gasteiger partial charge in [0.15, 0.2) is 9.84 Å². The van der Waals surface area contributed by atoms with Crippen LogP contribution < -0.4 is 0 Å². The summed E-state index contributed by atoms with van der Waals surface area (Å²) < 4.78 is 23.0. The SMILES string of the molecule is CS(=O)(=O)c1cccc2c1CCCS2. The highest BCUT2D eigenvalue weighted by atomic mass is 32.2. The minimum Gasteiger partial charge on any atom is -0.224 e. The number of fused-ring (bicyclic) bond motifs is 1. The lowest BCUT2D eigenvalue weighted by atomic mass is 10.1. The van der Waals surface area contributed by atoms with E-state index in [0.717, 1.165) is 29.1 Å². The number of hydrogen-bond donors (Lipinski definition) is 0. The maximum absolute atomic E-state index is 11.5. The van der Waals surface area contributed by atoms with Crippen molar-refractivity contribution < 1.29 is 8.42 Å². The zero-order chi connectivity index (χ0) is 10.2. The molecule has 1 aromatic rings. The van der Waals surface area contributed by atoms with Crippen molar-refractivity contribution in [3.63, 3.8) is 0 Å². The molecule has 2 nitrogen and oxygen atoms in total. The van der Waals surface area contributed by atoms with Gasteiger partial charge in [-0.2, -0.15) is 0 Å². The van der Waals surface area contributed by atoms with E-state index >= 15 is 0 Å². The third-order valence-corrected chi connectivity index (χ3v) is 4.69. The predicted molar refractivity (Wildman–Crippen MR) is 58.6 cm³/mol. The van der Waals surface area contributed by atoms with Gasteiger partial charge in [-0.1, -0.05) is 6.07 Å². The van der Waals surface area contributed by atoms with Gasteiger partial charge in [-0.05, 0) is 36.3 Å². The third kappa shape index (κ3) is 1.81. The van der Waals surface area contributed by atoms with E-state index in [0.29, 0.717) is 4.90 Å². The van der Waals surface area contributed by atoms with Crippen LogP contribution in [0.25, 0.3) is 0 Å². The van der Waals surface area contributed by atoms with Crippen LogP contribution in [0.5, 0.6) is 0 Å². The van der Waals surface area contributed by atoms with Crippen molar-refractivity contribution in [1.29, 1.82) is 0 Å². The predicted octanol–water partition coefficient (Wildman–Crippen LogP) is 2.13. The molecule has 2 rings (SSSR count). The Morgan fingerprint density at radius 3 is 2.86 bits per heavy atom. The quantitative estimate of drug-likeness (QED) is 0.738. The summed E-state index contributed by atoms with van der Waals surface area (Å²) in [5, 5.41) is 0. The Morgan fingerprint density at radius 1 is 1.36 bits per heavy atom. The minimum absolute atomic E-state index is 0.516. The van der Waals surface area contributed by atoms with Crippen LogP contribution in [-0.2, 0) is 16.3 Å². The molecule has 0 atom stereocenters. The number of rotatable bonds is 1. The van der Waals surface area contributed by atoms with E-state index in [-0.39, 0.29) is 0 Å². The van der Waals surface area contributed by atoms with Crippen molar-refractivity contribution in [3.8, 4) is 0 Å². The summed E-state index contributed by atoms with van der Waals surface area (Å²) in [5.41, 5.74) is 1.02. The molecule has 1 aliphatic rings. The second-order valence-electron chi connectivity index (χ2n) is 3.46. The molecular formula is C10H12O2S2. The molecule has 0 radical (unpaired) electrons. The van der Waals surface area contributed by atoms with E-state index < -0.39 is 9.84 Å². The van der Waals surface area contributed by atoms with Gasteiger partial charge >= 0.3 is 0 Å². The van der Waals surface area contributed by atoms with Crippen LogP contribution in [0.2, 0.25) is 0 Å². The van der Waals surface area contributed by atoms with Gasteiger partial charge in [0.1, 0.15) is 0 Å². The Hall–Kier alpha value is -0.480. The zero-order valence-electron chi connectivity index (χ0n) is 7.99. The number of hydrogen-bond acceptors (Lipinski definition) is 3. The smallest absolute Gasteiger partial charge is 0.175 e. The van der Waals surface area contributed by atoms with E-state index in [2.05, 4.69) is 0 Å². The van der Waals surface area contributed by atoms with E-state index in [1.807, 2.05) is 12.1 Å². The lowest BCUT2D eigenvalue weighted by Gasteiger charge is -2.17. The Bertz CT molecular complexity index is 449. The lowest BCUT2D eigenvalue weighted by Crippen LogP contribution is -2.07. The number of benzene rings is 1. The molecule has 0 aliphatic carbocycles. The second-order valence-corrected chi connectivity index (χ2v) is 6.58. The van der Waals surface area contributed by atoms with Gasteiger partial charge in [0.2, 0.25) is 0 Å². The fourth-order valence-corrected chi connectivity index (χ4v) is 3.83. The van der Waals surface area contributed by atoms with Crippen LogP contribution in [-0.4, -0.2) is 20.4 Å². The Balaban J connectivity index is 2.62. The summed E-state index contributed by atoms with van der Waals surface area (Å²) in [5.74, 6) is 1.10. The molecule has 14 heavy (non-hydrogen) atoms. The van der Waals surface area contributed by atoms with Crippen LogP contribution in [0, 0.1) is 0 Å². The lowest BCUT2D eigenvalue weighted by molar-refractivity contribution is 0.600. The molecule has 1 heterocycles. The fourth-order valence-electron chi connectivity index (χ4n) is 1.71. The van der Waals surface area contributed by atoms with Gasteiger partial charge in [-0.15, -0.1) is 11.8 Å². The number of thioether (sulfide) groups is 1. The van der Waals surface area contributed by atoms with Crippen LogP contribution >= 0.6 is 11.8 Å². The fraction of sp³-hybridized carbons (Fsp3) is 0.400. The molecule has 1 aliphatic heterocycles. The molecule has 76 valence electrons. The van der Waals surface area contributed by atoms with Crippen molar-refractivity contribution in [1.82, 2.24) is 0 Å². The topological polar surface area (TPSA) is 34.1 Å². The van der Waals surface area contributed by atoms with Crippen molar-refractivity contribution >= 4 is 21.6 Å². The summed E-state index contributed by atoms with van der Waals surface area (Å²) >= 11 is 1.75. The summed E-state index contributed by atoms with van der Waals surface area (Å²) in [7, 11) is -3.06. The molecule has 0 bridgehead atoms. The van der Waals surface area contributed by atoms with Gasteiger partial charge in [-0.25, -0.2) is 8.42 Å². The van der Waals surface area contributed by atoms with Crippen molar-refractivity contribution in [2.75, 3.05) is 12.0 Å². The van der Waals surface area contributed by atoms with Crippen LogP contribution in [0.4, 0.5) is 0 Å². The molecule has 0 N–H and O–H groups in total. The van der Waals surface area contributed by atoms with E-state index in [1.54, 1.807) is 17.8 Å². The van der Waals surface area contributed by atoms with Crippen molar-refractivity contribution in [2.24, 2.45) is 0 Å². The first-order valence-corrected chi connectivity index (χ1v) is 7.41. The zero-order valence-corrected chi connectivity index (χ0v) is 9.62. The molecule has 4 heteroatoms. The largest absolute Gasteiger partial charge is 0.224 e. The molecule has 0 aromatic heterocycles. The summed E-state index contributed by atoms with van der Waals surface area (Å²) in [6, 6.07) is 5.54. The van der Waals surface area contributed by atoms with Gasteiger partial charge in [-0.3, -0.25) is 0 Å². The normalized spacial score (nSPS) is 16.4. The minimum atomic E-state index is -3.06. The van der Waals surface area contributed by atoms with E-state index in [9.17, 15) is 8.42 Å². The summed E-state index contributed by atoms with van der Waals surface area (Å²) in [6.07, 6.45) is 3.25. The van der Waals surface area contributed by atoms with Gasteiger partial charge in [0.05, 0.1) is 4.90 Å². The van der Waals surface area contributed by atoms with Crippen LogP contribution in [0.1, 0.15) is 12.0 Å². The van der Waals surface area contributed by atoms with E-state index in [1.165, 1.54) is 6.26 Å². The maximum Gasteiger partial charge on any atom is 0.175 e. The Labute approximate surface area is 88.6 Å². The standard InChI is InChI=1S/C10H12O2S2/c1-14(11,12)10-6-2-5-9-8(10)4-3-7-13-9/h2,5-6H,3-4,7H2,1H3. The summed E-state index contributed by atoms with van der Waals surface area (Å²) in [6.45, 7) is 0. The first-order chi connectivity index (χ1) is 6.59.